The lowest BCUT2D eigenvalue weighted by molar-refractivity contribution is 0.0696. The van der Waals surface area contributed by atoms with E-state index in [0.29, 0.717) is 11.1 Å². The van der Waals surface area contributed by atoms with Crippen molar-refractivity contribution in [3.8, 4) is 17.1 Å². The number of nitrogens with one attached hydrogen (secondary N) is 1. The van der Waals surface area contributed by atoms with Crippen LogP contribution in [0.5, 0.6) is 5.88 Å². The lowest BCUT2D eigenvalue weighted by atomic mass is 9.67. The van der Waals surface area contributed by atoms with Crippen molar-refractivity contribution in [3.05, 3.63) is 65.2 Å². The Morgan fingerprint density at radius 3 is 2.41 bits per heavy atom. The van der Waals surface area contributed by atoms with E-state index in [1.54, 1.807) is 6.07 Å². The summed E-state index contributed by atoms with van der Waals surface area (Å²) in [7, 11) is -4.18. The molecule has 0 radical (unpaired) electrons. The second kappa shape index (κ2) is 12.3. The lowest BCUT2D eigenvalue weighted by Crippen LogP contribution is -2.32. The summed E-state index contributed by atoms with van der Waals surface area (Å²) in [5.41, 5.74) is 9.81. The van der Waals surface area contributed by atoms with E-state index in [4.69, 9.17) is 10.5 Å². The number of carbonyl (C=O) groups is 1. The first-order valence-electron chi connectivity index (χ1n) is 12.7. The Bertz CT molecular complexity index is 1420. The molecule has 0 aliphatic heterocycles. The van der Waals surface area contributed by atoms with E-state index in [0.717, 1.165) is 35.6 Å². The Kier molecular flexibility index (Phi) is 9.58. The van der Waals surface area contributed by atoms with Crippen LogP contribution < -0.4 is 15.2 Å². The normalized spacial score (nSPS) is 15.0. The fourth-order valence-electron chi connectivity index (χ4n) is 4.71. The number of aromatic carboxylic acids is 1. The van der Waals surface area contributed by atoms with E-state index in [9.17, 15) is 18.3 Å². The number of ether oxygens (including phenoxy) is 1. The fourth-order valence-corrected chi connectivity index (χ4v) is 5.70. The highest BCUT2D eigenvalue weighted by Gasteiger charge is 2.31. The molecule has 1 saturated carbocycles. The first-order valence-corrected chi connectivity index (χ1v) is 14.1. The zero-order chi connectivity index (χ0) is 27.5. The second-order valence-electron chi connectivity index (χ2n) is 10.4. The molecule has 0 unspecified atom stereocenters. The van der Waals surface area contributed by atoms with Gasteiger partial charge >= 0.3 is 5.97 Å². The Morgan fingerprint density at radius 2 is 1.79 bits per heavy atom. The predicted molar refractivity (Wildman–Crippen MR) is 153 cm³/mol. The van der Waals surface area contributed by atoms with Gasteiger partial charge in [-0.1, -0.05) is 37.6 Å². The smallest absolute Gasteiger partial charge is 0.335 e. The van der Waals surface area contributed by atoms with Crippen LogP contribution in [0.1, 0.15) is 60.5 Å². The molecule has 1 aliphatic rings. The molecule has 3 aromatic rings. The minimum Gasteiger partial charge on any atom is -0.478 e. The standard InChI is InChI=1S/C28H34N4O5S.ClH/c1-18-7-4-8-19(2)25(18)23-16-24(37-17-21(29)11-14-28(3)12-6-13-28)31-27(30-23)32-38(35,36)22-10-5-9-20(15-22)26(33)34;/h4-5,7-10,15-16,21H,6,11-14,17,29H2,1-3H3,(H,33,34)(H,30,31,32);1H/t21-;/m1./s1. The van der Waals surface area contributed by atoms with Gasteiger partial charge in [0, 0.05) is 17.7 Å². The third-order valence-electron chi connectivity index (χ3n) is 7.18. The van der Waals surface area contributed by atoms with Gasteiger partial charge in [-0.05, 0) is 74.3 Å². The molecule has 2 aromatic carbocycles. The Morgan fingerprint density at radius 1 is 1.13 bits per heavy atom. The third-order valence-corrected chi connectivity index (χ3v) is 8.51. The van der Waals surface area contributed by atoms with Crippen molar-refractivity contribution < 1.29 is 23.1 Å². The maximum absolute atomic E-state index is 13.1. The van der Waals surface area contributed by atoms with Gasteiger partial charge in [0.25, 0.3) is 10.0 Å². The molecule has 0 spiro atoms. The van der Waals surface area contributed by atoms with Crippen LogP contribution in [0.3, 0.4) is 0 Å². The largest absolute Gasteiger partial charge is 0.478 e. The van der Waals surface area contributed by atoms with Gasteiger partial charge in [0.15, 0.2) is 0 Å². The van der Waals surface area contributed by atoms with Gasteiger partial charge in [-0.2, -0.15) is 4.98 Å². The van der Waals surface area contributed by atoms with Crippen LogP contribution in [0.25, 0.3) is 11.3 Å². The molecule has 1 fully saturated rings. The number of halogens is 1. The number of carboxylic acid groups (broad SMARTS) is 1. The fraction of sp³-hybridized carbons (Fsp3) is 0.393. The number of hydrogen-bond donors (Lipinski definition) is 3. The summed E-state index contributed by atoms with van der Waals surface area (Å²) in [4.78, 5) is 19.9. The van der Waals surface area contributed by atoms with E-state index in [2.05, 4.69) is 21.6 Å². The molecule has 0 amide bonds. The first-order chi connectivity index (χ1) is 18.0. The monoisotopic (exact) mass is 574 g/mol. The van der Waals surface area contributed by atoms with Crippen molar-refractivity contribution >= 4 is 34.3 Å². The van der Waals surface area contributed by atoms with E-state index >= 15 is 0 Å². The van der Waals surface area contributed by atoms with Crippen LogP contribution in [-0.2, 0) is 10.0 Å². The van der Waals surface area contributed by atoms with E-state index in [1.165, 1.54) is 37.5 Å². The quantitative estimate of drug-likeness (QED) is 0.277. The number of anilines is 1. The highest BCUT2D eigenvalue weighted by molar-refractivity contribution is 7.92. The maximum Gasteiger partial charge on any atom is 0.335 e. The van der Waals surface area contributed by atoms with Gasteiger partial charge in [0.05, 0.1) is 16.2 Å². The van der Waals surface area contributed by atoms with Gasteiger partial charge in [0.1, 0.15) is 6.61 Å². The summed E-state index contributed by atoms with van der Waals surface area (Å²) in [6, 6.07) is 12.4. The van der Waals surface area contributed by atoms with Crippen molar-refractivity contribution in [2.75, 3.05) is 11.3 Å². The van der Waals surface area contributed by atoms with Crippen LogP contribution in [0.4, 0.5) is 5.95 Å². The second-order valence-corrected chi connectivity index (χ2v) is 12.1. The van der Waals surface area contributed by atoms with Crippen molar-refractivity contribution in [3.63, 3.8) is 0 Å². The molecule has 1 aromatic heterocycles. The number of carboxylic acids is 1. The van der Waals surface area contributed by atoms with Crippen LogP contribution in [0.15, 0.2) is 53.4 Å². The van der Waals surface area contributed by atoms with Gasteiger partial charge in [-0.15, -0.1) is 12.4 Å². The van der Waals surface area contributed by atoms with Gasteiger partial charge in [-0.25, -0.2) is 22.9 Å². The zero-order valence-corrected chi connectivity index (χ0v) is 23.9. The number of nitrogens with two attached hydrogens (primary N) is 1. The summed E-state index contributed by atoms with van der Waals surface area (Å²) >= 11 is 0. The SMILES string of the molecule is Cc1cccc(C)c1-c1cc(OC[C@H](N)CCC2(C)CCC2)nc(NS(=O)(=O)c2cccc(C(=O)O)c2)n1.Cl. The van der Waals surface area contributed by atoms with Gasteiger partial charge in [-0.3, -0.25) is 0 Å². The van der Waals surface area contributed by atoms with E-state index in [-0.39, 0.29) is 47.3 Å². The first kappa shape index (κ1) is 30.3. The van der Waals surface area contributed by atoms with Crippen LogP contribution >= 0.6 is 12.4 Å². The van der Waals surface area contributed by atoms with Crippen LogP contribution in [0, 0.1) is 19.3 Å². The number of rotatable bonds is 11. The molecular weight excluding hydrogens is 540 g/mol. The zero-order valence-electron chi connectivity index (χ0n) is 22.3. The molecule has 11 heteroatoms. The molecule has 4 N–H and O–H groups in total. The maximum atomic E-state index is 13.1. The number of aryl methyl sites for hydroxylation is 2. The Labute approximate surface area is 235 Å². The van der Waals surface area contributed by atoms with Crippen molar-refractivity contribution in [2.45, 2.75) is 63.8 Å². The highest BCUT2D eigenvalue weighted by atomic mass is 35.5. The summed E-state index contributed by atoms with van der Waals surface area (Å²) in [5.74, 6) is -1.22. The minimum absolute atomic E-state index is 0. The molecule has 1 heterocycles. The van der Waals surface area contributed by atoms with Crippen LogP contribution in [0.2, 0.25) is 0 Å². The summed E-state index contributed by atoms with van der Waals surface area (Å²) < 4.78 is 34.5. The molecule has 1 aliphatic carbocycles. The number of hydrogen-bond acceptors (Lipinski definition) is 7. The summed E-state index contributed by atoms with van der Waals surface area (Å²) in [6.45, 7) is 6.41. The summed E-state index contributed by atoms with van der Waals surface area (Å²) in [5, 5.41) is 9.25. The average Bonchev–Trinajstić information content (AvgIpc) is 2.84. The molecule has 210 valence electrons. The van der Waals surface area contributed by atoms with Gasteiger partial charge in [0.2, 0.25) is 11.8 Å². The van der Waals surface area contributed by atoms with Crippen LogP contribution in [-0.4, -0.2) is 42.1 Å². The average molecular weight is 575 g/mol. The third kappa shape index (κ3) is 7.46. The summed E-state index contributed by atoms with van der Waals surface area (Å²) in [6.07, 6.45) is 5.58. The molecule has 0 bridgehead atoms. The number of aromatic nitrogens is 2. The van der Waals surface area contributed by atoms with Crippen molar-refractivity contribution in [2.24, 2.45) is 11.1 Å². The molecule has 1 atom stereocenters. The molecular formula is C28H35ClN4O5S. The van der Waals surface area contributed by atoms with Crippen molar-refractivity contribution in [1.29, 1.82) is 0 Å². The number of nitrogens with zero attached hydrogens (tertiary/aromatic N) is 2. The van der Waals surface area contributed by atoms with Crippen molar-refractivity contribution in [1.82, 2.24) is 9.97 Å². The van der Waals surface area contributed by atoms with E-state index < -0.39 is 16.0 Å². The highest BCUT2D eigenvalue weighted by Crippen LogP contribution is 2.44. The predicted octanol–water partition coefficient (Wildman–Crippen LogP) is 5.36. The van der Waals surface area contributed by atoms with Gasteiger partial charge < -0.3 is 15.6 Å². The molecule has 9 nitrogen and oxygen atoms in total. The number of sulfonamides is 1. The lowest BCUT2D eigenvalue weighted by Gasteiger charge is -2.39. The molecule has 0 saturated heterocycles. The molecule has 4 rings (SSSR count). The molecule has 39 heavy (non-hydrogen) atoms. The minimum atomic E-state index is -4.18. The van der Waals surface area contributed by atoms with E-state index in [1.807, 2.05) is 32.0 Å². The Hall–Kier alpha value is -3.21. The topological polar surface area (TPSA) is 144 Å². The Balaban J connectivity index is 0.00000420. The number of benzene rings is 2.